The molecule has 0 aliphatic rings. The van der Waals surface area contributed by atoms with Crippen LogP contribution in [0.15, 0.2) is 72.1 Å². The van der Waals surface area contributed by atoms with Crippen LogP contribution in [0, 0.1) is 25.7 Å². The summed E-state index contributed by atoms with van der Waals surface area (Å²) in [5, 5.41) is 7.97. The van der Waals surface area contributed by atoms with Gasteiger partial charge in [-0.3, -0.25) is 19.2 Å². The zero-order chi connectivity index (χ0) is 29.8. The van der Waals surface area contributed by atoms with Crippen molar-refractivity contribution < 1.29 is 4.79 Å². The third kappa shape index (κ3) is 5.61. The number of aliphatic imine (C=N–C) groups is 1. The Morgan fingerprint density at radius 2 is 1.93 bits per heavy atom. The number of imidazole rings is 1. The van der Waals surface area contributed by atoms with Gasteiger partial charge in [-0.2, -0.15) is 0 Å². The molecule has 0 fully saturated rings. The topological polar surface area (TPSA) is 123 Å². The monoisotopic (exact) mass is 556 g/mol. The van der Waals surface area contributed by atoms with Crippen LogP contribution in [-0.4, -0.2) is 51.6 Å². The Labute approximate surface area is 244 Å². The highest BCUT2D eigenvalue weighted by Crippen LogP contribution is 2.32. The molecule has 1 unspecified atom stereocenters. The second kappa shape index (κ2) is 12.0. The molecule has 4 N–H and O–H groups in total. The first-order valence-electron chi connectivity index (χ1n) is 13.5. The quantitative estimate of drug-likeness (QED) is 0.209. The van der Waals surface area contributed by atoms with E-state index in [2.05, 4.69) is 32.5 Å². The zero-order valence-corrected chi connectivity index (χ0v) is 24.2. The molecular weight excluding hydrogens is 524 g/mol. The summed E-state index contributed by atoms with van der Waals surface area (Å²) in [6, 6.07) is 15.3. The van der Waals surface area contributed by atoms with Crippen LogP contribution in [0.4, 0.5) is 5.82 Å². The number of allylic oxidation sites excluding steroid dienone is 1. The second-order valence-electron chi connectivity index (χ2n) is 9.93. The average molecular weight is 557 g/mol. The first-order valence-corrected chi connectivity index (χ1v) is 13.5. The SMILES string of the molecule is CN=C/C(=C\N)c1nc2cc(C)ccn2c1-c1ccc(NC(=O)C(C)NC)nc1C#Cc1ccc2c(C)nccc2c1. The Kier molecular flexibility index (Phi) is 8.09. The van der Waals surface area contributed by atoms with Gasteiger partial charge in [-0.15, -0.1) is 0 Å². The number of benzene rings is 1. The van der Waals surface area contributed by atoms with Crippen molar-refractivity contribution in [3.05, 3.63) is 95.3 Å². The molecule has 0 bridgehead atoms. The van der Waals surface area contributed by atoms with E-state index in [1.165, 1.54) is 6.20 Å². The molecule has 0 aliphatic heterocycles. The minimum Gasteiger partial charge on any atom is -0.404 e. The third-order valence-corrected chi connectivity index (χ3v) is 7.02. The maximum atomic E-state index is 12.7. The number of carbonyl (C=O) groups excluding carboxylic acids is 1. The van der Waals surface area contributed by atoms with Crippen molar-refractivity contribution in [2.75, 3.05) is 19.4 Å². The van der Waals surface area contributed by atoms with Crippen molar-refractivity contribution in [1.29, 1.82) is 0 Å². The molecule has 9 nitrogen and oxygen atoms in total. The van der Waals surface area contributed by atoms with Gasteiger partial charge in [0.2, 0.25) is 5.91 Å². The highest BCUT2D eigenvalue weighted by atomic mass is 16.2. The van der Waals surface area contributed by atoms with Gasteiger partial charge in [0.25, 0.3) is 0 Å². The highest BCUT2D eigenvalue weighted by Gasteiger charge is 2.21. The molecule has 42 heavy (non-hydrogen) atoms. The smallest absolute Gasteiger partial charge is 0.242 e. The van der Waals surface area contributed by atoms with E-state index in [1.807, 2.05) is 66.9 Å². The lowest BCUT2D eigenvalue weighted by molar-refractivity contribution is -0.117. The number of hydrogen-bond acceptors (Lipinski definition) is 7. The van der Waals surface area contributed by atoms with Crippen LogP contribution in [0.25, 0.3) is 33.3 Å². The molecular formula is C33H32N8O. The van der Waals surface area contributed by atoms with Gasteiger partial charge in [0.15, 0.2) is 0 Å². The number of nitrogens with two attached hydrogens (primary N) is 1. The van der Waals surface area contributed by atoms with Crippen molar-refractivity contribution in [3.63, 3.8) is 0 Å². The van der Waals surface area contributed by atoms with E-state index >= 15 is 0 Å². The molecule has 0 aliphatic carbocycles. The van der Waals surface area contributed by atoms with E-state index < -0.39 is 6.04 Å². The number of carbonyl (C=O) groups is 1. The molecule has 1 aromatic carbocycles. The highest BCUT2D eigenvalue weighted by molar-refractivity contribution is 6.11. The van der Waals surface area contributed by atoms with Gasteiger partial charge in [-0.1, -0.05) is 12.0 Å². The van der Waals surface area contributed by atoms with Crippen LogP contribution >= 0.6 is 0 Å². The van der Waals surface area contributed by atoms with Crippen LogP contribution in [0.2, 0.25) is 0 Å². The van der Waals surface area contributed by atoms with Crippen LogP contribution in [0.1, 0.15) is 35.1 Å². The number of likely N-dealkylation sites (N-methyl/N-ethyl adjacent to an activating group) is 1. The van der Waals surface area contributed by atoms with Gasteiger partial charge in [0.1, 0.15) is 22.9 Å². The fraction of sp³-hybridized carbons (Fsp3) is 0.182. The summed E-state index contributed by atoms with van der Waals surface area (Å²) in [5.74, 6) is 6.75. The minimum atomic E-state index is -0.393. The van der Waals surface area contributed by atoms with Crippen LogP contribution < -0.4 is 16.4 Å². The van der Waals surface area contributed by atoms with Crippen molar-refractivity contribution in [3.8, 4) is 23.1 Å². The van der Waals surface area contributed by atoms with Crippen LogP contribution in [0.3, 0.4) is 0 Å². The second-order valence-corrected chi connectivity index (χ2v) is 9.93. The van der Waals surface area contributed by atoms with Gasteiger partial charge in [-0.25, -0.2) is 9.97 Å². The summed E-state index contributed by atoms with van der Waals surface area (Å²) in [4.78, 5) is 30.9. The Morgan fingerprint density at radius 3 is 2.69 bits per heavy atom. The molecule has 9 heteroatoms. The van der Waals surface area contributed by atoms with Crippen molar-refractivity contribution >= 4 is 39.9 Å². The molecule has 0 saturated carbocycles. The summed E-state index contributed by atoms with van der Waals surface area (Å²) < 4.78 is 1.99. The van der Waals surface area contributed by atoms with Gasteiger partial charge in [-0.05, 0) is 87.2 Å². The number of fused-ring (bicyclic) bond motifs is 2. The molecule has 210 valence electrons. The molecule has 0 radical (unpaired) electrons. The fourth-order valence-corrected chi connectivity index (χ4v) is 4.65. The molecule has 1 atom stereocenters. The van der Waals surface area contributed by atoms with E-state index in [1.54, 1.807) is 39.5 Å². The maximum absolute atomic E-state index is 12.7. The van der Waals surface area contributed by atoms with Gasteiger partial charge in [0, 0.05) is 59.6 Å². The van der Waals surface area contributed by atoms with Crippen molar-refractivity contribution in [1.82, 2.24) is 24.7 Å². The number of nitrogens with zero attached hydrogens (tertiary/aromatic N) is 5. The zero-order valence-electron chi connectivity index (χ0n) is 24.2. The summed E-state index contributed by atoms with van der Waals surface area (Å²) in [6.07, 6.45) is 6.93. The van der Waals surface area contributed by atoms with E-state index in [0.29, 0.717) is 22.8 Å². The molecule has 5 rings (SSSR count). The summed E-state index contributed by atoms with van der Waals surface area (Å²) >= 11 is 0. The van der Waals surface area contributed by atoms with E-state index in [-0.39, 0.29) is 5.91 Å². The van der Waals surface area contributed by atoms with E-state index in [4.69, 9.17) is 15.7 Å². The number of hydrogen-bond donors (Lipinski definition) is 3. The lowest BCUT2D eigenvalue weighted by atomic mass is 10.0. The number of aromatic nitrogens is 4. The fourth-order valence-electron chi connectivity index (χ4n) is 4.65. The number of pyridine rings is 3. The van der Waals surface area contributed by atoms with Gasteiger partial charge < -0.3 is 16.4 Å². The number of anilines is 1. The van der Waals surface area contributed by atoms with Gasteiger partial charge in [0.05, 0.1) is 11.7 Å². The van der Waals surface area contributed by atoms with Gasteiger partial charge >= 0.3 is 0 Å². The third-order valence-electron chi connectivity index (χ3n) is 7.02. The summed E-state index contributed by atoms with van der Waals surface area (Å²) in [7, 11) is 3.42. The molecule has 4 aromatic heterocycles. The average Bonchev–Trinajstić information content (AvgIpc) is 3.36. The molecule has 4 heterocycles. The Morgan fingerprint density at radius 1 is 1.10 bits per heavy atom. The molecule has 0 spiro atoms. The molecule has 5 aromatic rings. The van der Waals surface area contributed by atoms with E-state index in [9.17, 15) is 4.79 Å². The summed E-state index contributed by atoms with van der Waals surface area (Å²) in [6.45, 7) is 5.79. The first kappa shape index (κ1) is 28.2. The first-order chi connectivity index (χ1) is 20.3. The van der Waals surface area contributed by atoms with Crippen LogP contribution in [-0.2, 0) is 4.79 Å². The standard InChI is InChI=1S/C33H32N8O/c1-20-13-15-41-30(16-20)40-31(25(18-34)19-35-4)32(41)27-9-11-29(39-33(42)22(3)36-5)38-28(27)10-7-23-6-8-26-21(2)37-14-12-24(26)17-23/h6,8-9,11-19,22,36H,34H2,1-5H3,(H,38,39,42)/b25-18+,35-19?. The predicted octanol–water partition coefficient (Wildman–Crippen LogP) is 4.51. The molecule has 1 amide bonds. The predicted molar refractivity (Wildman–Crippen MR) is 169 cm³/mol. The number of nitrogens with one attached hydrogen (secondary N) is 2. The van der Waals surface area contributed by atoms with Crippen molar-refractivity contribution in [2.24, 2.45) is 10.7 Å². The Hall–Kier alpha value is -5.33. The maximum Gasteiger partial charge on any atom is 0.242 e. The lowest BCUT2D eigenvalue weighted by Gasteiger charge is -2.13. The lowest BCUT2D eigenvalue weighted by Crippen LogP contribution is -2.35. The number of aryl methyl sites for hydroxylation is 2. The number of amides is 1. The summed E-state index contributed by atoms with van der Waals surface area (Å²) in [5.41, 5.74) is 12.9. The Balaban J connectivity index is 1.72. The minimum absolute atomic E-state index is 0.200. The van der Waals surface area contributed by atoms with E-state index in [0.717, 1.165) is 44.5 Å². The normalized spacial score (nSPS) is 12.5. The largest absolute Gasteiger partial charge is 0.404 e. The number of rotatable bonds is 6. The van der Waals surface area contributed by atoms with Crippen LogP contribution in [0.5, 0.6) is 0 Å². The Bertz CT molecular complexity index is 1940. The molecule has 0 saturated heterocycles. The van der Waals surface area contributed by atoms with Crippen molar-refractivity contribution in [2.45, 2.75) is 26.8 Å².